The topological polar surface area (TPSA) is 90.7 Å². The van der Waals surface area contributed by atoms with Crippen LogP contribution in [0.3, 0.4) is 0 Å². The summed E-state index contributed by atoms with van der Waals surface area (Å²) in [6.45, 7) is 0.395. The number of piperidine rings is 1. The van der Waals surface area contributed by atoms with Gasteiger partial charge >= 0.3 is 0 Å². The van der Waals surface area contributed by atoms with Crippen molar-refractivity contribution in [2.24, 2.45) is 0 Å². The van der Waals surface area contributed by atoms with Crippen LogP contribution in [0.5, 0.6) is 11.5 Å². The minimum absolute atomic E-state index is 0.0684. The molecule has 1 unspecified atom stereocenters. The first-order valence-electron chi connectivity index (χ1n) is 9.54. The highest BCUT2D eigenvalue weighted by Crippen LogP contribution is 2.30. The van der Waals surface area contributed by atoms with Gasteiger partial charge in [-0.2, -0.15) is 0 Å². The Morgan fingerprint density at radius 2 is 1.63 bits per heavy atom. The van der Waals surface area contributed by atoms with Gasteiger partial charge in [0.15, 0.2) is 5.78 Å². The van der Waals surface area contributed by atoms with E-state index < -0.39 is 5.92 Å². The van der Waals surface area contributed by atoms with Gasteiger partial charge in [-0.15, -0.1) is 0 Å². The van der Waals surface area contributed by atoms with Crippen LogP contribution >= 0.6 is 0 Å². The van der Waals surface area contributed by atoms with Gasteiger partial charge in [-0.05, 0) is 60.2 Å². The zero-order valence-corrected chi connectivity index (χ0v) is 16.1. The molecular weight excluding hydrogens is 380 g/mol. The summed E-state index contributed by atoms with van der Waals surface area (Å²) in [5, 5.41) is 19.1. The summed E-state index contributed by atoms with van der Waals surface area (Å²) in [6, 6.07) is 17.9. The number of rotatable bonds is 3. The van der Waals surface area contributed by atoms with Crippen molar-refractivity contribution >= 4 is 17.8 Å². The van der Waals surface area contributed by atoms with Crippen molar-refractivity contribution in [3.05, 3.63) is 95.3 Å². The molecule has 150 valence electrons. The molecule has 4 rings (SSSR count). The van der Waals surface area contributed by atoms with Crippen molar-refractivity contribution in [2.75, 3.05) is 13.1 Å². The molecule has 1 amide bonds. The van der Waals surface area contributed by atoms with Gasteiger partial charge in [0, 0.05) is 30.4 Å². The van der Waals surface area contributed by atoms with Crippen LogP contribution in [-0.2, 0) is 4.79 Å². The first-order chi connectivity index (χ1) is 14.5. The van der Waals surface area contributed by atoms with Gasteiger partial charge in [-0.1, -0.05) is 18.2 Å². The van der Waals surface area contributed by atoms with Crippen molar-refractivity contribution < 1.29 is 19.8 Å². The molecule has 0 radical (unpaired) electrons. The number of hydrogen-bond donors (Lipinski definition) is 2. The van der Waals surface area contributed by atoms with Gasteiger partial charge in [0.2, 0.25) is 0 Å². The Morgan fingerprint density at radius 3 is 2.27 bits per heavy atom. The maximum Gasteiger partial charge on any atom is 0.254 e. The molecule has 1 atom stereocenters. The Hall–Kier alpha value is -3.93. The van der Waals surface area contributed by atoms with Crippen LogP contribution in [0.25, 0.3) is 6.08 Å². The van der Waals surface area contributed by atoms with E-state index in [1.165, 1.54) is 24.3 Å². The third-order valence-electron chi connectivity index (χ3n) is 5.10. The summed E-state index contributed by atoms with van der Waals surface area (Å²) < 4.78 is 0. The Kier molecular flexibility index (Phi) is 5.30. The summed E-state index contributed by atoms with van der Waals surface area (Å²) in [6.07, 6.45) is 3.36. The average Bonchev–Trinajstić information content (AvgIpc) is 2.77. The average molecular weight is 400 g/mol. The van der Waals surface area contributed by atoms with Crippen molar-refractivity contribution in [3.63, 3.8) is 0 Å². The minimum atomic E-state index is -0.546. The molecule has 1 aliphatic rings. The number of amides is 1. The monoisotopic (exact) mass is 400 g/mol. The van der Waals surface area contributed by atoms with E-state index in [-0.39, 0.29) is 36.3 Å². The summed E-state index contributed by atoms with van der Waals surface area (Å²) in [7, 11) is 0. The number of aromatic hydroxyl groups is 2. The number of pyridine rings is 1. The highest BCUT2D eigenvalue weighted by molar-refractivity contribution is 6.07. The normalized spacial score (nSPS) is 17.9. The fraction of sp³-hybridized carbons (Fsp3) is 0.125. The van der Waals surface area contributed by atoms with E-state index in [0.29, 0.717) is 16.8 Å². The van der Waals surface area contributed by atoms with Crippen LogP contribution in [0.1, 0.15) is 27.5 Å². The second kappa shape index (κ2) is 8.21. The van der Waals surface area contributed by atoms with Crippen molar-refractivity contribution in [3.8, 4) is 11.5 Å². The Balaban J connectivity index is 1.71. The number of ketones is 1. The number of benzene rings is 2. The van der Waals surface area contributed by atoms with E-state index in [0.717, 1.165) is 5.56 Å². The molecule has 6 nitrogen and oxygen atoms in total. The van der Waals surface area contributed by atoms with Crippen molar-refractivity contribution in [1.82, 2.24) is 9.88 Å². The number of likely N-dealkylation sites (tertiary alicyclic amines) is 1. The zero-order valence-electron chi connectivity index (χ0n) is 16.1. The maximum absolute atomic E-state index is 13.2. The standard InChI is InChI=1S/C24H20N2O4/c27-20-8-4-16(5-9-20)22-15-26(24(30)17-6-10-21(28)11-7-17)14-18(23(22)29)13-19-3-1-2-12-25-19/h1-13,22,27-28H,14-15H2. The lowest BCUT2D eigenvalue weighted by molar-refractivity contribution is -0.118. The lowest BCUT2D eigenvalue weighted by Crippen LogP contribution is -2.44. The lowest BCUT2D eigenvalue weighted by atomic mass is 9.85. The predicted molar refractivity (Wildman–Crippen MR) is 112 cm³/mol. The molecule has 1 aromatic heterocycles. The maximum atomic E-state index is 13.2. The van der Waals surface area contributed by atoms with E-state index in [4.69, 9.17) is 0 Å². The third-order valence-corrected chi connectivity index (χ3v) is 5.10. The van der Waals surface area contributed by atoms with Crippen LogP contribution in [0, 0.1) is 0 Å². The van der Waals surface area contributed by atoms with Gasteiger partial charge in [0.1, 0.15) is 11.5 Å². The number of carbonyl (C=O) groups is 2. The number of hydrogen-bond acceptors (Lipinski definition) is 5. The fourth-order valence-electron chi connectivity index (χ4n) is 3.54. The molecule has 30 heavy (non-hydrogen) atoms. The Labute approximate surface area is 173 Å². The van der Waals surface area contributed by atoms with Crippen LogP contribution in [-0.4, -0.2) is 44.9 Å². The Morgan fingerprint density at radius 1 is 0.967 bits per heavy atom. The van der Waals surface area contributed by atoms with Crippen LogP contribution in [0.15, 0.2) is 78.5 Å². The fourth-order valence-corrected chi connectivity index (χ4v) is 3.54. The van der Waals surface area contributed by atoms with Gasteiger partial charge < -0.3 is 15.1 Å². The molecule has 0 aliphatic carbocycles. The summed E-state index contributed by atoms with van der Waals surface area (Å²) in [5.74, 6) is -0.643. The van der Waals surface area contributed by atoms with Gasteiger partial charge in [0.25, 0.3) is 5.91 Å². The first kappa shape index (κ1) is 19.4. The summed E-state index contributed by atoms with van der Waals surface area (Å²) in [5.41, 5.74) is 2.30. The van der Waals surface area contributed by atoms with Crippen molar-refractivity contribution in [1.29, 1.82) is 0 Å². The highest BCUT2D eigenvalue weighted by atomic mass is 16.3. The molecule has 0 spiro atoms. The molecule has 1 fully saturated rings. The molecule has 1 aliphatic heterocycles. The number of nitrogens with zero attached hydrogens (tertiary/aromatic N) is 2. The van der Waals surface area contributed by atoms with Crippen LogP contribution in [0.4, 0.5) is 0 Å². The number of carbonyl (C=O) groups excluding carboxylic acids is 2. The smallest absolute Gasteiger partial charge is 0.254 e. The highest BCUT2D eigenvalue weighted by Gasteiger charge is 2.34. The van der Waals surface area contributed by atoms with E-state index in [2.05, 4.69) is 4.98 Å². The van der Waals surface area contributed by atoms with Gasteiger partial charge in [-0.3, -0.25) is 14.6 Å². The zero-order chi connectivity index (χ0) is 21.1. The largest absolute Gasteiger partial charge is 0.508 e. The first-order valence-corrected chi connectivity index (χ1v) is 9.54. The van der Waals surface area contributed by atoms with Crippen LogP contribution in [0.2, 0.25) is 0 Å². The van der Waals surface area contributed by atoms with Crippen LogP contribution < -0.4 is 0 Å². The van der Waals surface area contributed by atoms with Crippen molar-refractivity contribution in [2.45, 2.75) is 5.92 Å². The quantitative estimate of drug-likeness (QED) is 0.658. The van der Waals surface area contributed by atoms with E-state index >= 15 is 0 Å². The summed E-state index contributed by atoms with van der Waals surface area (Å²) in [4.78, 5) is 32.2. The molecule has 2 aromatic carbocycles. The molecule has 1 saturated heterocycles. The lowest BCUT2D eigenvalue weighted by Gasteiger charge is -2.34. The second-order valence-corrected chi connectivity index (χ2v) is 7.17. The van der Waals surface area contributed by atoms with Gasteiger partial charge in [0.05, 0.1) is 11.6 Å². The summed E-state index contributed by atoms with van der Waals surface area (Å²) >= 11 is 0. The number of phenols is 2. The molecule has 6 heteroatoms. The van der Waals surface area contributed by atoms with E-state index in [9.17, 15) is 19.8 Å². The minimum Gasteiger partial charge on any atom is -0.508 e. The second-order valence-electron chi connectivity index (χ2n) is 7.17. The van der Waals surface area contributed by atoms with E-state index in [1.54, 1.807) is 53.6 Å². The molecule has 0 saturated carbocycles. The number of Topliss-reactive ketones (excluding diaryl/α,β-unsaturated/α-hetero) is 1. The predicted octanol–water partition coefficient (Wildman–Crippen LogP) is 3.39. The molecule has 2 N–H and O–H groups in total. The SMILES string of the molecule is O=C1C(=Cc2ccccn2)CN(C(=O)c2ccc(O)cc2)CC1c1ccc(O)cc1. The van der Waals surface area contributed by atoms with E-state index in [1.807, 2.05) is 6.07 Å². The Bertz CT molecular complexity index is 1090. The molecule has 0 bridgehead atoms. The third kappa shape index (κ3) is 4.07. The molecule has 2 heterocycles. The number of phenolic OH excluding ortho intramolecular Hbond substituents is 2. The molecule has 3 aromatic rings. The number of aromatic nitrogens is 1. The van der Waals surface area contributed by atoms with Gasteiger partial charge in [-0.25, -0.2) is 0 Å². The molecular formula is C24H20N2O4.